The molecule has 64 valence electrons. The third-order valence-corrected chi connectivity index (χ3v) is 2.82. The van der Waals surface area contributed by atoms with Gasteiger partial charge in [0.2, 0.25) is 0 Å². The molecule has 1 N–H and O–H groups in total. The fourth-order valence-corrected chi connectivity index (χ4v) is 1.39. The number of hydrogen-bond acceptors (Lipinski definition) is 2. The van der Waals surface area contributed by atoms with Crippen LogP contribution in [0.2, 0.25) is 0 Å². The lowest BCUT2D eigenvalue weighted by Crippen LogP contribution is -2.40. The van der Waals surface area contributed by atoms with Crippen LogP contribution in [0.3, 0.4) is 0 Å². The molecule has 0 bridgehead atoms. The standard InChI is InChI=1S/C8H14O3/c1-7(2,11-3)8(4-5-8)6(9)10/h4-5H2,1-3H3,(H,9,10). The Kier molecular flexibility index (Phi) is 1.71. The summed E-state index contributed by atoms with van der Waals surface area (Å²) in [6, 6.07) is 0. The number of methoxy groups -OCH3 is 1. The summed E-state index contributed by atoms with van der Waals surface area (Å²) in [6.07, 6.45) is 1.48. The Morgan fingerprint density at radius 3 is 2.09 bits per heavy atom. The maximum atomic E-state index is 10.8. The van der Waals surface area contributed by atoms with Crippen molar-refractivity contribution in [1.29, 1.82) is 0 Å². The monoisotopic (exact) mass is 158 g/mol. The van der Waals surface area contributed by atoms with E-state index in [2.05, 4.69) is 0 Å². The first kappa shape index (κ1) is 8.53. The third-order valence-electron chi connectivity index (χ3n) is 2.82. The van der Waals surface area contributed by atoms with Gasteiger partial charge in [-0.2, -0.15) is 0 Å². The molecular weight excluding hydrogens is 144 g/mol. The number of carbonyl (C=O) groups is 1. The predicted molar refractivity (Wildman–Crippen MR) is 40.4 cm³/mol. The number of carboxylic acids is 1. The zero-order chi connectivity index (χ0) is 8.70. The van der Waals surface area contributed by atoms with Gasteiger partial charge in [-0.25, -0.2) is 0 Å². The molecule has 1 aliphatic carbocycles. The van der Waals surface area contributed by atoms with Crippen LogP contribution in [0, 0.1) is 5.41 Å². The molecule has 0 atom stereocenters. The summed E-state index contributed by atoms with van der Waals surface area (Å²) in [7, 11) is 1.56. The second-order valence-corrected chi connectivity index (χ2v) is 3.60. The van der Waals surface area contributed by atoms with Gasteiger partial charge in [-0.3, -0.25) is 4.79 Å². The maximum Gasteiger partial charge on any atom is 0.312 e. The van der Waals surface area contributed by atoms with Crippen LogP contribution < -0.4 is 0 Å². The molecule has 0 aromatic heterocycles. The van der Waals surface area contributed by atoms with Gasteiger partial charge in [0.05, 0.1) is 11.0 Å². The van der Waals surface area contributed by atoms with Crippen molar-refractivity contribution in [3.63, 3.8) is 0 Å². The molecule has 1 rings (SSSR count). The van der Waals surface area contributed by atoms with E-state index in [-0.39, 0.29) is 0 Å². The molecular formula is C8H14O3. The SMILES string of the molecule is COC(C)(C)C1(C(=O)O)CC1. The van der Waals surface area contributed by atoms with E-state index in [1.54, 1.807) is 7.11 Å². The van der Waals surface area contributed by atoms with Crippen molar-refractivity contribution in [3.05, 3.63) is 0 Å². The van der Waals surface area contributed by atoms with Crippen LogP contribution >= 0.6 is 0 Å². The molecule has 1 saturated carbocycles. The average Bonchev–Trinajstić information content (AvgIpc) is 2.66. The molecule has 0 aliphatic heterocycles. The number of ether oxygens (including phenoxy) is 1. The van der Waals surface area contributed by atoms with E-state index in [0.717, 1.165) is 12.8 Å². The highest BCUT2D eigenvalue weighted by molar-refractivity contribution is 5.79. The molecule has 3 heteroatoms. The number of aliphatic carboxylic acids is 1. The van der Waals surface area contributed by atoms with Gasteiger partial charge in [0.1, 0.15) is 0 Å². The van der Waals surface area contributed by atoms with E-state index in [9.17, 15) is 4.79 Å². The number of carboxylic acid groups (broad SMARTS) is 1. The molecule has 1 aliphatic rings. The first-order valence-electron chi connectivity index (χ1n) is 3.75. The Hall–Kier alpha value is -0.570. The molecule has 0 spiro atoms. The maximum absolute atomic E-state index is 10.8. The normalized spacial score (nSPS) is 21.4. The second-order valence-electron chi connectivity index (χ2n) is 3.60. The molecule has 0 saturated heterocycles. The molecule has 0 heterocycles. The molecule has 0 radical (unpaired) electrons. The number of hydrogen-bond donors (Lipinski definition) is 1. The minimum absolute atomic E-state index is 0.529. The Balaban J connectivity index is 2.80. The molecule has 0 aromatic carbocycles. The first-order chi connectivity index (χ1) is 4.96. The summed E-state index contributed by atoms with van der Waals surface area (Å²) in [6.45, 7) is 3.66. The van der Waals surface area contributed by atoms with E-state index in [0.29, 0.717) is 0 Å². The van der Waals surface area contributed by atoms with E-state index in [4.69, 9.17) is 9.84 Å². The summed E-state index contributed by atoms with van der Waals surface area (Å²) in [5, 5.41) is 8.89. The third kappa shape index (κ3) is 1.03. The van der Waals surface area contributed by atoms with Gasteiger partial charge in [0, 0.05) is 7.11 Å². The lowest BCUT2D eigenvalue weighted by atomic mass is 9.87. The Morgan fingerprint density at radius 2 is 2.00 bits per heavy atom. The topological polar surface area (TPSA) is 46.5 Å². The smallest absolute Gasteiger partial charge is 0.312 e. The van der Waals surface area contributed by atoms with Crippen molar-refractivity contribution in [3.8, 4) is 0 Å². The van der Waals surface area contributed by atoms with Gasteiger partial charge in [0.25, 0.3) is 0 Å². The Bertz CT molecular complexity index is 180. The Morgan fingerprint density at radius 1 is 1.55 bits per heavy atom. The second kappa shape index (κ2) is 2.21. The largest absolute Gasteiger partial charge is 0.481 e. The summed E-state index contributed by atoms with van der Waals surface area (Å²) in [5.41, 5.74) is -1.14. The van der Waals surface area contributed by atoms with Crippen molar-refractivity contribution in [1.82, 2.24) is 0 Å². The predicted octanol–water partition coefficient (Wildman–Crippen LogP) is 1.28. The van der Waals surface area contributed by atoms with Gasteiger partial charge in [0.15, 0.2) is 0 Å². The van der Waals surface area contributed by atoms with Gasteiger partial charge in [-0.1, -0.05) is 0 Å². The fraction of sp³-hybridized carbons (Fsp3) is 0.875. The average molecular weight is 158 g/mol. The van der Waals surface area contributed by atoms with Crippen molar-refractivity contribution >= 4 is 5.97 Å². The van der Waals surface area contributed by atoms with E-state index in [1.165, 1.54) is 0 Å². The number of rotatable bonds is 3. The van der Waals surface area contributed by atoms with Gasteiger partial charge >= 0.3 is 5.97 Å². The molecule has 1 fully saturated rings. The van der Waals surface area contributed by atoms with Crippen LogP contribution in [-0.4, -0.2) is 23.8 Å². The minimum Gasteiger partial charge on any atom is -0.481 e. The van der Waals surface area contributed by atoms with Crippen LogP contribution in [0.25, 0.3) is 0 Å². The van der Waals surface area contributed by atoms with E-state index < -0.39 is 17.0 Å². The molecule has 0 aromatic rings. The van der Waals surface area contributed by atoms with Gasteiger partial charge in [-0.15, -0.1) is 0 Å². The highest BCUT2D eigenvalue weighted by Gasteiger charge is 2.61. The van der Waals surface area contributed by atoms with Crippen molar-refractivity contribution in [2.75, 3.05) is 7.11 Å². The highest BCUT2D eigenvalue weighted by atomic mass is 16.5. The Labute approximate surface area is 66.4 Å². The lowest BCUT2D eigenvalue weighted by Gasteiger charge is -2.29. The molecule has 0 amide bonds. The fourth-order valence-electron chi connectivity index (χ4n) is 1.39. The van der Waals surface area contributed by atoms with Gasteiger partial charge < -0.3 is 9.84 Å². The van der Waals surface area contributed by atoms with E-state index in [1.807, 2.05) is 13.8 Å². The summed E-state index contributed by atoms with van der Waals surface area (Å²) < 4.78 is 5.15. The van der Waals surface area contributed by atoms with Crippen LogP contribution in [0.4, 0.5) is 0 Å². The summed E-state index contributed by atoms with van der Waals surface area (Å²) in [5.74, 6) is -0.732. The highest BCUT2D eigenvalue weighted by Crippen LogP contribution is 2.55. The zero-order valence-electron chi connectivity index (χ0n) is 7.18. The van der Waals surface area contributed by atoms with Crippen molar-refractivity contribution in [2.24, 2.45) is 5.41 Å². The molecule has 11 heavy (non-hydrogen) atoms. The quantitative estimate of drug-likeness (QED) is 0.673. The molecule has 0 unspecified atom stereocenters. The van der Waals surface area contributed by atoms with Gasteiger partial charge in [-0.05, 0) is 26.7 Å². The minimum atomic E-state index is -0.732. The first-order valence-corrected chi connectivity index (χ1v) is 3.75. The van der Waals surface area contributed by atoms with Crippen molar-refractivity contribution < 1.29 is 14.6 Å². The zero-order valence-corrected chi connectivity index (χ0v) is 7.18. The van der Waals surface area contributed by atoms with Crippen molar-refractivity contribution in [2.45, 2.75) is 32.3 Å². The lowest BCUT2D eigenvalue weighted by molar-refractivity contribution is -0.155. The molecule has 3 nitrogen and oxygen atoms in total. The van der Waals surface area contributed by atoms with E-state index >= 15 is 0 Å². The van der Waals surface area contributed by atoms with Crippen LogP contribution in [-0.2, 0) is 9.53 Å². The van der Waals surface area contributed by atoms with Crippen LogP contribution in [0.5, 0.6) is 0 Å². The summed E-state index contributed by atoms with van der Waals surface area (Å²) in [4.78, 5) is 10.8. The summed E-state index contributed by atoms with van der Waals surface area (Å²) >= 11 is 0. The van der Waals surface area contributed by atoms with Crippen LogP contribution in [0.1, 0.15) is 26.7 Å². The van der Waals surface area contributed by atoms with Crippen LogP contribution in [0.15, 0.2) is 0 Å².